The first-order chi connectivity index (χ1) is 9.65. The van der Waals surface area contributed by atoms with Gasteiger partial charge in [-0.05, 0) is 32.0 Å². The summed E-state index contributed by atoms with van der Waals surface area (Å²) in [6.45, 7) is 4.24. The Bertz CT molecular complexity index is 644. The third-order valence-corrected chi connectivity index (χ3v) is 3.24. The summed E-state index contributed by atoms with van der Waals surface area (Å²) in [6, 6.07) is 5.11. The molecule has 0 bridgehead atoms. The lowest BCUT2D eigenvalue weighted by Gasteiger charge is -2.05. The highest BCUT2D eigenvalue weighted by Gasteiger charge is 2.17. The molecule has 1 aliphatic rings. The molecule has 0 fully saturated rings. The molecule has 6 heteroatoms. The Hall–Kier alpha value is -2.50. The molecule has 20 heavy (non-hydrogen) atoms. The number of amides is 1. The normalized spacial score (nSPS) is 12.5. The van der Waals surface area contributed by atoms with Crippen molar-refractivity contribution in [3.05, 3.63) is 40.8 Å². The Labute approximate surface area is 115 Å². The average Bonchev–Trinajstić information content (AvgIpc) is 3.03. The average molecular weight is 274 g/mol. The second-order valence-corrected chi connectivity index (χ2v) is 4.55. The molecule has 2 aromatic rings. The molecule has 104 valence electrons. The van der Waals surface area contributed by atoms with E-state index in [4.69, 9.17) is 14.0 Å². The number of hydrogen-bond donors (Lipinski definition) is 1. The van der Waals surface area contributed by atoms with Crippen LogP contribution in [-0.2, 0) is 6.54 Å². The Kier molecular flexibility index (Phi) is 3.06. The molecule has 1 amide bonds. The van der Waals surface area contributed by atoms with Crippen molar-refractivity contribution in [1.29, 1.82) is 0 Å². The molecule has 1 aromatic carbocycles. The van der Waals surface area contributed by atoms with Gasteiger partial charge in [0.15, 0.2) is 11.5 Å². The number of nitrogens with one attached hydrogen (secondary N) is 1. The van der Waals surface area contributed by atoms with Crippen molar-refractivity contribution in [1.82, 2.24) is 10.5 Å². The molecule has 0 radical (unpaired) electrons. The third kappa shape index (κ3) is 2.20. The maximum atomic E-state index is 12.1. The summed E-state index contributed by atoms with van der Waals surface area (Å²) in [6.07, 6.45) is 0. The van der Waals surface area contributed by atoms with Crippen molar-refractivity contribution in [2.24, 2.45) is 0 Å². The van der Waals surface area contributed by atoms with Crippen LogP contribution in [0.15, 0.2) is 22.7 Å². The van der Waals surface area contributed by atoms with E-state index >= 15 is 0 Å². The Morgan fingerprint density at radius 3 is 2.85 bits per heavy atom. The number of carbonyl (C=O) groups is 1. The molecule has 1 N–H and O–H groups in total. The van der Waals surface area contributed by atoms with Crippen LogP contribution in [0.2, 0.25) is 0 Å². The van der Waals surface area contributed by atoms with Gasteiger partial charge in [-0.25, -0.2) is 0 Å². The van der Waals surface area contributed by atoms with Gasteiger partial charge in [-0.2, -0.15) is 0 Å². The van der Waals surface area contributed by atoms with Crippen LogP contribution in [0.1, 0.15) is 27.4 Å². The van der Waals surface area contributed by atoms with E-state index in [1.54, 1.807) is 18.2 Å². The fourth-order valence-corrected chi connectivity index (χ4v) is 2.06. The van der Waals surface area contributed by atoms with E-state index in [0.29, 0.717) is 29.4 Å². The number of hydrogen-bond acceptors (Lipinski definition) is 5. The highest BCUT2D eigenvalue weighted by atomic mass is 16.7. The minimum absolute atomic E-state index is 0.177. The second-order valence-electron chi connectivity index (χ2n) is 4.55. The number of nitrogens with zero attached hydrogens (tertiary/aromatic N) is 1. The zero-order valence-electron chi connectivity index (χ0n) is 11.2. The lowest BCUT2D eigenvalue weighted by atomic mass is 10.1. The standard InChI is InChI=1S/C14H14N2O4/c1-8-11(9(2)20-16-8)6-15-14(17)10-3-4-12-13(5-10)19-7-18-12/h3-5H,6-7H2,1-2H3,(H,15,17). The molecule has 6 nitrogen and oxygen atoms in total. The largest absolute Gasteiger partial charge is 0.454 e. The number of carbonyl (C=O) groups excluding carboxylic acids is 1. The molecule has 1 aromatic heterocycles. The van der Waals surface area contributed by atoms with Crippen LogP contribution in [0, 0.1) is 13.8 Å². The predicted octanol–water partition coefficient (Wildman–Crippen LogP) is 1.95. The minimum atomic E-state index is -0.177. The topological polar surface area (TPSA) is 73.6 Å². The fraction of sp³-hybridized carbons (Fsp3) is 0.286. The van der Waals surface area contributed by atoms with Crippen molar-refractivity contribution in [3.63, 3.8) is 0 Å². The van der Waals surface area contributed by atoms with Crippen molar-refractivity contribution >= 4 is 5.91 Å². The number of fused-ring (bicyclic) bond motifs is 1. The van der Waals surface area contributed by atoms with Gasteiger partial charge in [0.2, 0.25) is 6.79 Å². The van der Waals surface area contributed by atoms with E-state index in [-0.39, 0.29) is 12.7 Å². The first kappa shape index (κ1) is 12.5. The predicted molar refractivity (Wildman–Crippen MR) is 69.7 cm³/mol. The zero-order valence-corrected chi connectivity index (χ0v) is 11.2. The van der Waals surface area contributed by atoms with Crippen molar-refractivity contribution < 1.29 is 18.8 Å². The molecule has 1 aliphatic heterocycles. The Morgan fingerprint density at radius 1 is 1.30 bits per heavy atom. The van der Waals surface area contributed by atoms with Crippen LogP contribution < -0.4 is 14.8 Å². The summed E-state index contributed by atoms with van der Waals surface area (Å²) in [4.78, 5) is 12.1. The molecular weight excluding hydrogens is 260 g/mol. The summed E-state index contributed by atoms with van der Waals surface area (Å²) >= 11 is 0. The molecule has 0 saturated carbocycles. The summed E-state index contributed by atoms with van der Waals surface area (Å²) in [5, 5.41) is 6.69. The van der Waals surface area contributed by atoms with E-state index in [1.165, 1.54) is 0 Å². The van der Waals surface area contributed by atoms with Crippen LogP contribution in [0.3, 0.4) is 0 Å². The molecule has 0 unspecified atom stereocenters. The number of aryl methyl sites for hydroxylation is 2. The third-order valence-electron chi connectivity index (χ3n) is 3.24. The van der Waals surface area contributed by atoms with Gasteiger partial charge in [0.05, 0.1) is 5.69 Å². The minimum Gasteiger partial charge on any atom is -0.454 e. The molecule has 0 saturated heterocycles. The van der Waals surface area contributed by atoms with Gasteiger partial charge in [0.1, 0.15) is 5.76 Å². The van der Waals surface area contributed by atoms with Crippen molar-refractivity contribution in [2.45, 2.75) is 20.4 Å². The van der Waals surface area contributed by atoms with Crippen LogP contribution in [0.25, 0.3) is 0 Å². The van der Waals surface area contributed by atoms with Crippen LogP contribution >= 0.6 is 0 Å². The van der Waals surface area contributed by atoms with Gasteiger partial charge in [-0.1, -0.05) is 5.16 Å². The first-order valence-corrected chi connectivity index (χ1v) is 6.25. The summed E-state index contributed by atoms with van der Waals surface area (Å²) in [7, 11) is 0. The smallest absolute Gasteiger partial charge is 0.251 e. The van der Waals surface area contributed by atoms with E-state index in [9.17, 15) is 4.79 Å². The van der Waals surface area contributed by atoms with Gasteiger partial charge in [-0.3, -0.25) is 4.79 Å². The SMILES string of the molecule is Cc1noc(C)c1CNC(=O)c1ccc2c(c1)OCO2. The second kappa shape index (κ2) is 4.88. The lowest BCUT2D eigenvalue weighted by Crippen LogP contribution is -2.23. The quantitative estimate of drug-likeness (QED) is 0.926. The lowest BCUT2D eigenvalue weighted by molar-refractivity contribution is 0.0950. The van der Waals surface area contributed by atoms with Gasteiger partial charge < -0.3 is 19.3 Å². The molecular formula is C14H14N2O4. The molecule has 0 atom stereocenters. The maximum Gasteiger partial charge on any atom is 0.251 e. The summed E-state index contributed by atoms with van der Waals surface area (Å²) in [5.41, 5.74) is 2.22. The molecule has 0 spiro atoms. The monoisotopic (exact) mass is 274 g/mol. The highest BCUT2D eigenvalue weighted by molar-refractivity contribution is 5.94. The number of benzene rings is 1. The number of aromatic nitrogens is 1. The zero-order chi connectivity index (χ0) is 14.1. The number of ether oxygens (including phenoxy) is 2. The molecule has 2 heterocycles. The summed E-state index contributed by atoms with van der Waals surface area (Å²) < 4.78 is 15.5. The maximum absolute atomic E-state index is 12.1. The Balaban J connectivity index is 1.71. The van der Waals surface area contributed by atoms with Gasteiger partial charge in [-0.15, -0.1) is 0 Å². The Morgan fingerprint density at radius 2 is 2.10 bits per heavy atom. The van der Waals surface area contributed by atoms with E-state index in [0.717, 1.165) is 11.3 Å². The van der Waals surface area contributed by atoms with Crippen LogP contribution in [0.4, 0.5) is 0 Å². The molecule has 0 aliphatic carbocycles. The summed E-state index contributed by atoms with van der Waals surface area (Å²) in [5.74, 6) is 1.79. The van der Waals surface area contributed by atoms with Gasteiger partial charge in [0.25, 0.3) is 5.91 Å². The van der Waals surface area contributed by atoms with E-state index in [1.807, 2.05) is 13.8 Å². The first-order valence-electron chi connectivity index (χ1n) is 6.25. The fourth-order valence-electron chi connectivity index (χ4n) is 2.06. The van der Waals surface area contributed by atoms with E-state index < -0.39 is 0 Å². The van der Waals surface area contributed by atoms with Crippen LogP contribution in [0.5, 0.6) is 11.5 Å². The van der Waals surface area contributed by atoms with Crippen molar-refractivity contribution in [2.75, 3.05) is 6.79 Å². The van der Waals surface area contributed by atoms with Gasteiger partial charge >= 0.3 is 0 Å². The van der Waals surface area contributed by atoms with E-state index in [2.05, 4.69) is 10.5 Å². The molecule has 3 rings (SSSR count). The van der Waals surface area contributed by atoms with Crippen LogP contribution in [-0.4, -0.2) is 17.9 Å². The van der Waals surface area contributed by atoms with Crippen molar-refractivity contribution in [3.8, 4) is 11.5 Å². The highest BCUT2D eigenvalue weighted by Crippen LogP contribution is 2.32. The number of rotatable bonds is 3. The van der Waals surface area contributed by atoms with Gasteiger partial charge in [0, 0.05) is 17.7 Å².